The first-order valence-corrected chi connectivity index (χ1v) is 12.7. The molecular weight excluding hydrogens is 452 g/mol. The van der Waals surface area contributed by atoms with Gasteiger partial charge in [0.2, 0.25) is 11.8 Å². The number of aliphatic hydroxyl groups is 1. The number of ether oxygens (including phenoxy) is 1. The number of aliphatic hydroxyl groups excluding tert-OH is 1. The molecule has 2 rings (SSSR count). The Morgan fingerprint density at radius 2 is 1.66 bits per heavy atom. The lowest BCUT2D eigenvalue weighted by molar-refractivity contribution is -0.143. The molecule has 4 atom stereocenters. The lowest BCUT2D eigenvalue weighted by Gasteiger charge is -2.36. The zero-order valence-corrected chi connectivity index (χ0v) is 22.3. The fourth-order valence-electron chi connectivity index (χ4n) is 4.14. The van der Waals surface area contributed by atoms with Gasteiger partial charge in [0.25, 0.3) is 5.91 Å². The fraction of sp³-hybridized carbons (Fsp3) is 0.840. The normalized spacial score (nSPS) is 21.0. The maximum Gasteiger partial charge on any atom is 0.408 e. The number of hydrogen-bond acceptors (Lipinski definition) is 6. The lowest BCUT2D eigenvalue weighted by atomic mass is 9.85. The Morgan fingerprint density at radius 1 is 1.03 bits per heavy atom. The van der Waals surface area contributed by atoms with Crippen LogP contribution in [-0.4, -0.2) is 76.2 Å². The third-order valence-electron chi connectivity index (χ3n) is 6.11. The van der Waals surface area contributed by atoms with Crippen molar-refractivity contribution in [3.8, 4) is 0 Å². The molecule has 1 aliphatic heterocycles. The van der Waals surface area contributed by atoms with E-state index in [0.717, 1.165) is 12.8 Å². The number of carbonyl (C=O) groups excluding carboxylic acids is 4. The average Bonchev–Trinajstić information content (AvgIpc) is 3.39. The van der Waals surface area contributed by atoms with Crippen LogP contribution in [0.2, 0.25) is 0 Å². The highest BCUT2D eigenvalue weighted by atomic mass is 16.6. The van der Waals surface area contributed by atoms with Crippen LogP contribution in [0.5, 0.6) is 0 Å². The third kappa shape index (κ3) is 8.66. The second-order valence-electron chi connectivity index (χ2n) is 11.8. The summed E-state index contributed by atoms with van der Waals surface area (Å²) in [5, 5.41) is 18.8. The van der Waals surface area contributed by atoms with Crippen LogP contribution in [-0.2, 0) is 19.1 Å². The van der Waals surface area contributed by atoms with E-state index in [-0.39, 0.29) is 11.9 Å². The molecule has 10 nitrogen and oxygen atoms in total. The van der Waals surface area contributed by atoms with Crippen molar-refractivity contribution < 1.29 is 29.0 Å². The monoisotopic (exact) mass is 496 g/mol. The fourth-order valence-corrected chi connectivity index (χ4v) is 4.14. The molecule has 2 fully saturated rings. The van der Waals surface area contributed by atoms with Crippen LogP contribution in [0.3, 0.4) is 0 Å². The summed E-state index contributed by atoms with van der Waals surface area (Å²) in [5.41, 5.74) is -1.34. The van der Waals surface area contributed by atoms with E-state index in [0.29, 0.717) is 32.2 Å². The molecule has 200 valence electrons. The molecule has 0 aromatic rings. The number of carbonyl (C=O) groups is 4. The summed E-state index contributed by atoms with van der Waals surface area (Å²) < 4.78 is 5.34. The molecule has 0 aromatic carbocycles. The van der Waals surface area contributed by atoms with Gasteiger partial charge in [0.15, 0.2) is 6.10 Å². The van der Waals surface area contributed by atoms with Crippen LogP contribution in [0.1, 0.15) is 87.0 Å². The van der Waals surface area contributed by atoms with Crippen LogP contribution >= 0.6 is 0 Å². The molecule has 35 heavy (non-hydrogen) atoms. The van der Waals surface area contributed by atoms with E-state index in [2.05, 4.69) is 16.0 Å². The van der Waals surface area contributed by atoms with Gasteiger partial charge in [0.1, 0.15) is 17.7 Å². The Labute approximate surface area is 208 Å². The third-order valence-corrected chi connectivity index (χ3v) is 6.11. The number of nitrogens with one attached hydrogen (secondary N) is 3. The summed E-state index contributed by atoms with van der Waals surface area (Å²) in [6.07, 6.45) is 1.93. The van der Waals surface area contributed by atoms with Crippen molar-refractivity contribution >= 4 is 23.8 Å². The molecule has 1 aliphatic carbocycles. The summed E-state index contributed by atoms with van der Waals surface area (Å²) in [6.45, 7) is 13.0. The minimum absolute atomic E-state index is 0.102. The minimum atomic E-state index is -1.36. The van der Waals surface area contributed by atoms with E-state index in [1.54, 1.807) is 20.8 Å². The number of nitrogens with zero attached hydrogens (tertiary/aromatic N) is 1. The van der Waals surface area contributed by atoms with Gasteiger partial charge in [-0.15, -0.1) is 0 Å². The summed E-state index contributed by atoms with van der Waals surface area (Å²) >= 11 is 0. The van der Waals surface area contributed by atoms with Gasteiger partial charge in [-0.25, -0.2) is 4.79 Å². The molecule has 3 unspecified atom stereocenters. The van der Waals surface area contributed by atoms with Crippen molar-refractivity contribution in [2.75, 3.05) is 6.54 Å². The highest BCUT2D eigenvalue weighted by Crippen LogP contribution is 2.26. The van der Waals surface area contributed by atoms with Gasteiger partial charge in [-0.05, 0) is 58.3 Å². The summed E-state index contributed by atoms with van der Waals surface area (Å²) in [5.74, 6) is -1.25. The molecular formula is C25H44N4O6. The van der Waals surface area contributed by atoms with E-state index in [4.69, 9.17) is 4.74 Å². The standard InChI is InChI=1S/C25H44N4O6/c1-8-10-16(18(30)21(32)26-15-12-13-15)27-20(31)17-11-9-14-29(17)22(33)19(24(2,3)4)28-23(34)35-25(5,6)7/h15-19,30H,8-14H2,1-7H3,(H,26,32)(H,27,31)(H,28,34)/t16?,17?,18?,19-/m1/s1. The minimum Gasteiger partial charge on any atom is -0.444 e. The van der Waals surface area contributed by atoms with E-state index in [1.165, 1.54) is 4.90 Å². The molecule has 1 saturated carbocycles. The number of alkyl carbamates (subject to hydrolysis) is 1. The van der Waals surface area contributed by atoms with Crippen molar-refractivity contribution in [3.05, 3.63) is 0 Å². The first kappa shape index (κ1) is 28.9. The van der Waals surface area contributed by atoms with E-state index >= 15 is 0 Å². The van der Waals surface area contributed by atoms with Crippen molar-refractivity contribution in [2.45, 2.75) is 123 Å². The molecule has 0 aromatic heterocycles. The zero-order chi connectivity index (χ0) is 26.6. The SMILES string of the molecule is CCCC(NC(=O)C1CCCN1C(=O)[C@@H](NC(=O)OC(C)(C)C)C(C)(C)C)C(O)C(=O)NC1CC1. The van der Waals surface area contributed by atoms with Gasteiger partial charge < -0.3 is 30.7 Å². The lowest BCUT2D eigenvalue weighted by Crippen LogP contribution is -2.59. The Morgan fingerprint density at radius 3 is 2.17 bits per heavy atom. The van der Waals surface area contributed by atoms with Crippen molar-refractivity contribution in [1.82, 2.24) is 20.9 Å². The molecule has 0 spiro atoms. The van der Waals surface area contributed by atoms with Crippen LogP contribution in [0.25, 0.3) is 0 Å². The first-order valence-electron chi connectivity index (χ1n) is 12.7. The topological polar surface area (TPSA) is 137 Å². The predicted molar refractivity (Wildman–Crippen MR) is 131 cm³/mol. The van der Waals surface area contributed by atoms with Crippen LogP contribution < -0.4 is 16.0 Å². The van der Waals surface area contributed by atoms with Gasteiger partial charge in [-0.3, -0.25) is 14.4 Å². The number of amides is 4. The predicted octanol–water partition coefficient (Wildman–Crippen LogP) is 1.84. The van der Waals surface area contributed by atoms with Gasteiger partial charge in [0, 0.05) is 12.6 Å². The van der Waals surface area contributed by atoms with Gasteiger partial charge in [0.05, 0.1) is 6.04 Å². The number of likely N-dealkylation sites (tertiary alicyclic amines) is 1. The molecule has 10 heteroatoms. The zero-order valence-electron chi connectivity index (χ0n) is 22.3. The highest BCUT2D eigenvalue weighted by Gasteiger charge is 2.43. The van der Waals surface area contributed by atoms with Gasteiger partial charge in [-0.2, -0.15) is 0 Å². The Bertz CT molecular complexity index is 784. The van der Waals surface area contributed by atoms with Crippen LogP contribution in [0, 0.1) is 5.41 Å². The van der Waals surface area contributed by atoms with Crippen molar-refractivity contribution in [2.24, 2.45) is 5.41 Å². The molecule has 2 aliphatic rings. The summed E-state index contributed by atoms with van der Waals surface area (Å²) in [4.78, 5) is 53.1. The largest absolute Gasteiger partial charge is 0.444 e. The second-order valence-corrected chi connectivity index (χ2v) is 11.8. The molecule has 1 heterocycles. The Kier molecular flexibility index (Phi) is 9.56. The number of hydrogen-bond donors (Lipinski definition) is 4. The second kappa shape index (κ2) is 11.6. The maximum absolute atomic E-state index is 13.6. The van der Waals surface area contributed by atoms with Gasteiger partial charge in [-0.1, -0.05) is 34.1 Å². The smallest absolute Gasteiger partial charge is 0.408 e. The van der Waals surface area contributed by atoms with Crippen molar-refractivity contribution in [3.63, 3.8) is 0 Å². The molecule has 0 bridgehead atoms. The Hall–Kier alpha value is -2.36. The Balaban J connectivity index is 2.11. The molecule has 1 saturated heterocycles. The van der Waals surface area contributed by atoms with E-state index < -0.39 is 53.2 Å². The molecule has 0 radical (unpaired) electrons. The van der Waals surface area contributed by atoms with Crippen LogP contribution in [0.4, 0.5) is 4.79 Å². The van der Waals surface area contributed by atoms with Crippen LogP contribution in [0.15, 0.2) is 0 Å². The highest BCUT2D eigenvalue weighted by molar-refractivity contribution is 5.93. The molecule has 4 N–H and O–H groups in total. The average molecular weight is 497 g/mol. The van der Waals surface area contributed by atoms with Gasteiger partial charge >= 0.3 is 6.09 Å². The maximum atomic E-state index is 13.6. The van der Waals surface area contributed by atoms with Crippen molar-refractivity contribution in [1.29, 1.82) is 0 Å². The number of rotatable bonds is 9. The quantitative estimate of drug-likeness (QED) is 0.384. The summed E-state index contributed by atoms with van der Waals surface area (Å²) in [6, 6.07) is -2.29. The molecule has 4 amide bonds. The first-order chi connectivity index (χ1) is 16.1. The van der Waals surface area contributed by atoms with E-state index in [1.807, 2.05) is 27.7 Å². The summed E-state index contributed by atoms with van der Waals surface area (Å²) in [7, 11) is 0. The van der Waals surface area contributed by atoms with E-state index in [9.17, 15) is 24.3 Å².